The average molecular weight is 568 g/mol. The van der Waals surface area contributed by atoms with Crippen LogP contribution >= 0.6 is 0 Å². The molecule has 0 radical (unpaired) electrons. The van der Waals surface area contributed by atoms with Gasteiger partial charge in [-0.1, -0.05) is 42.5 Å². The summed E-state index contributed by atoms with van der Waals surface area (Å²) in [5, 5.41) is 0. The molecule has 6 rings (SSSR count). The highest BCUT2D eigenvalue weighted by atomic mass is 19.1. The van der Waals surface area contributed by atoms with Gasteiger partial charge in [0.25, 0.3) is 0 Å². The minimum atomic E-state index is -0.424. The SMILES string of the molecule is CN1CCN(c2cc(N(C)C)cn3c(=O)c(OCc4ccccc4)c(-c4ncc(Cc5ccc(F)cc5)[nH]4)nc23)C1=O. The number of likely N-dealkylation sites (N-methyl/N-ethyl adjacent to an activating group) is 1. The Hall–Kier alpha value is -5.19. The number of urea groups is 1. The number of ether oxygens (including phenoxy) is 1. The van der Waals surface area contributed by atoms with Crippen molar-refractivity contribution < 1.29 is 13.9 Å². The van der Waals surface area contributed by atoms with Crippen LogP contribution < -0.4 is 20.1 Å². The van der Waals surface area contributed by atoms with Gasteiger partial charge >= 0.3 is 11.6 Å². The van der Waals surface area contributed by atoms with Gasteiger partial charge in [0.05, 0.1) is 11.4 Å². The number of amides is 2. The lowest BCUT2D eigenvalue weighted by molar-refractivity contribution is 0.229. The van der Waals surface area contributed by atoms with E-state index in [4.69, 9.17) is 9.72 Å². The Morgan fingerprint density at radius 1 is 1.02 bits per heavy atom. The van der Waals surface area contributed by atoms with Crippen molar-refractivity contribution in [2.75, 3.05) is 44.0 Å². The van der Waals surface area contributed by atoms with E-state index in [1.807, 2.05) is 55.4 Å². The van der Waals surface area contributed by atoms with Crippen molar-refractivity contribution in [3.05, 3.63) is 106 Å². The maximum Gasteiger partial charge on any atom is 0.324 e. The number of H-pyrrole nitrogens is 1. The van der Waals surface area contributed by atoms with Crippen molar-refractivity contribution in [3.8, 4) is 17.3 Å². The summed E-state index contributed by atoms with van der Waals surface area (Å²) in [4.78, 5) is 45.1. The highest BCUT2D eigenvalue weighted by molar-refractivity contribution is 5.98. The quantitative estimate of drug-likeness (QED) is 0.300. The van der Waals surface area contributed by atoms with Crippen LogP contribution in [-0.2, 0) is 13.0 Å². The van der Waals surface area contributed by atoms with Gasteiger partial charge in [0.1, 0.15) is 12.4 Å². The van der Waals surface area contributed by atoms with Crippen molar-refractivity contribution in [1.82, 2.24) is 24.3 Å². The summed E-state index contributed by atoms with van der Waals surface area (Å²) in [6.07, 6.45) is 3.84. The molecule has 1 fully saturated rings. The Bertz CT molecular complexity index is 1820. The van der Waals surface area contributed by atoms with Crippen LogP contribution in [0.4, 0.5) is 20.6 Å². The van der Waals surface area contributed by atoms with Crippen LogP contribution in [0, 0.1) is 5.82 Å². The molecule has 1 saturated heterocycles. The number of aromatic nitrogens is 4. The standard InChI is InChI=1S/C31H30FN7O3/c1-36(2)24-16-25(38-14-13-37(3)31(38)41)29-35-26(28-33-17-23(34-28)15-20-9-11-22(32)12-10-20)27(30(40)39(29)18-24)42-19-21-7-5-4-6-8-21/h4-12,16-18H,13-15,19H2,1-3H3,(H,33,34). The van der Waals surface area contributed by atoms with Gasteiger partial charge in [-0.15, -0.1) is 0 Å². The second-order valence-electron chi connectivity index (χ2n) is 10.5. The van der Waals surface area contributed by atoms with E-state index in [1.165, 1.54) is 16.5 Å². The molecule has 2 amide bonds. The first-order valence-corrected chi connectivity index (χ1v) is 13.5. The molecule has 1 aliphatic rings. The van der Waals surface area contributed by atoms with Crippen LogP contribution in [0.5, 0.6) is 5.75 Å². The third-order valence-corrected chi connectivity index (χ3v) is 7.26. The van der Waals surface area contributed by atoms with E-state index in [-0.39, 0.29) is 29.9 Å². The molecular weight excluding hydrogens is 537 g/mol. The van der Waals surface area contributed by atoms with Crippen molar-refractivity contribution in [1.29, 1.82) is 0 Å². The normalized spacial score (nSPS) is 13.3. The Morgan fingerprint density at radius 2 is 1.79 bits per heavy atom. The van der Waals surface area contributed by atoms with Gasteiger partial charge in [-0.05, 0) is 29.3 Å². The number of carbonyl (C=O) groups excluding carboxylic acids is 1. The second kappa shape index (κ2) is 11.0. The van der Waals surface area contributed by atoms with Crippen LogP contribution in [-0.4, -0.2) is 64.5 Å². The van der Waals surface area contributed by atoms with E-state index >= 15 is 0 Å². The summed E-state index contributed by atoms with van der Waals surface area (Å²) in [5.41, 5.74) is 3.91. The molecule has 0 unspecified atom stereocenters. The van der Waals surface area contributed by atoms with E-state index in [0.29, 0.717) is 36.7 Å². The summed E-state index contributed by atoms with van der Waals surface area (Å²) in [7, 11) is 5.48. The fourth-order valence-electron chi connectivity index (χ4n) is 4.92. The third kappa shape index (κ3) is 5.16. The number of imidazole rings is 1. The Balaban J connectivity index is 1.51. The number of anilines is 2. The molecule has 0 bridgehead atoms. The smallest absolute Gasteiger partial charge is 0.324 e. The zero-order valence-electron chi connectivity index (χ0n) is 23.5. The first kappa shape index (κ1) is 27.0. The topological polar surface area (TPSA) is 99.1 Å². The maximum atomic E-state index is 14.1. The first-order chi connectivity index (χ1) is 20.3. The largest absolute Gasteiger partial charge is 0.481 e. The molecule has 0 atom stereocenters. The molecule has 1 N–H and O–H groups in total. The van der Waals surface area contributed by atoms with E-state index in [1.54, 1.807) is 41.4 Å². The number of hydrogen-bond acceptors (Lipinski definition) is 6. The van der Waals surface area contributed by atoms with Gasteiger partial charge in [-0.25, -0.2) is 19.2 Å². The molecule has 0 aliphatic carbocycles. The molecule has 1 aliphatic heterocycles. The number of fused-ring (bicyclic) bond motifs is 1. The summed E-state index contributed by atoms with van der Waals surface area (Å²) in [6, 6.07) is 17.5. The Morgan fingerprint density at radius 3 is 2.48 bits per heavy atom. The lowest BCUT2D eigenvalue weighted by atomic mass is 10.1. The van der Waals surface area contributed by atoms with Crippen LogP contribution in [0.3, 0.4) is 0 Å². The molecule has 3 aromatic heterocycles. The molecule has 11 heteroatoms. The molecule has 5 aromatic rings. The van der Waals surface area contributed by atoms with Gasteiger partial charge in [0.2, 0.25) is 5.75 Å². The number of nitrogens with zero attached hydrogens (tertiary/aromatic N) is 6. The molecule has 0 spiro atoms. The van der Waals surface area contributed by atoms with Crippen LogP contribution in [0.2, 0.25) is 0 Å². The predicted molar refractivity (Wildman–Crippen MR) is 159 cm³/mol. The predicted octanol–water partition coefficient (Wildman–Crippen LogP) is 4.33. The summed E-state index contributed by atoms with van der Waals surface area (Å²) < 4.78 is 21.0. The molecule has 214 valence electrons. The summed E-state index contributed by atoms with van der Waals surface area (Å²) >= 11 is 0. The summed E-state index contributed by atoms with van der Waals surface area (Å²) in [5.74, 6) is 0.0778. The highest BCUT2D eigenvalue weighted by Gasteiger charge is 2.30. The van der Waals surface area contributed by atoms with Crippen LogP contribution in [0.15, 0.2) is 77.9 Å². The van der Waals surface area contributed by atoms with Gasteiger partial charge in [0, 0.05) is 58.7 Å². The Kier molecular flexibility index (Phi) is 7.07. The van der Waals surface area contributed by atoms with E-state index in [0.717, 1.165) is 22.5 Å². The lowest BCUT2D eigenvalue weighted by Gasteiger charge is -2.22. The highest BCUT2D eigenvalue weighted by Crippen LogP contribution is 2.32. The fraction of sp³-hybridized carbons (Fsp3) is 0.226. The van der Waals surface area contributed by atoms with Crippen LogP contribution in [0.1, 0.15) is 16.8 Å². The average Bonchev–Trinajstić information content (AvgIpc) is 3.59. The molecule has 42 heavy (non-hydrogen) atoms. The van der Waals surface area contributed by atoms with Crippen LogP contribution in [0.25, 0.3) is 17.2 Å². The molecule has 10 nitrogen and oxygen atoms in total. The number of pyridine rings is 1. The van der Waals surface area contributed by atoms with Crippen molar-refractivity contribution in [2.24, 2.45) is 0 Å². The number of carbonyl (C=O) groups is 1. The summed E-state index contributed by atoms with van der Waals surface area (Å²) in [6.45, 7) is 1.16. The third-order valence-electron chi connectivity index (χ3n) is 7.26. The van der Waals surface area contributed by atoms with Gasteiger partial charge < -0.3 is 19.5 Å². The monoisotopic (exact) mass is 567 g/mol. The minimum absolute atomic E-state index is 0.0331. The number of hydrogen-bond donors (Lipinski definition) is 1. The number of rotatable bonds is 8. The van der Waals surface area contributed by atoms with Crippen molar-refractivity contribution >= 4 is 23.1 Å². The van der Waals surface area contributed by atoms with Crippen molar-refractivity contribution in [3.63, 3.8) is 0 Å². The second-order valence-corrected chi connectivity index (χ2v) is 10.5. The fourth-order valence-corrected chi connectivity index (χ4v) is 4.92. The number of benzene rings is 2. The van der Waals surface area contributed by atoms with Gasteiger partial charge in [0.15, 0.2) is 17.2 Å². The number of halogens is 1. The molecule has 4 heterocycles. The van der Waals surface area contributed by atoms with E-state index < -0.39 is 5.56 Å². The van der Waals surface area contributed by atoms with E-state index in [2.05, 4.69) is 9.97 Å². The zero-order valence-corrected chi connectivity index (χ0v) is 23.5. The minimum Gasteiger partial charge on any atom is -0.481 e. The first-order valence-electron chi connectivity index (χ1n) is 13.5. The van der Waals surface area contributed by atoms with E-state index in [9.17, 15) is 14.0 Å². The lowest BCUT2D eigenvalue weighted by Crippen LogP contribution is -2.31. The maximum absolute atomic E-state index is 14.1. The molecule has 2 aromatic carbocycles. The van der Waals surface area contributed by atoms with Gasteiger partial charge in [-0.3, -0.25) is 14.1 Å². The van der Waals surface area contributed by atoms with Crippen molar-refractivity contribution in [2.45, 2.75) is 13.0 Å². The zero-order chi connectivity index (χ0) is 29.4. The Labute approximate surface area is 241 Å². The molecular formula is C31H30FN7O3. The molecule has 0 saturated carbocycles. The number of nitrogens with one attached hydrogen (secondary N) is 1. The van der Waals surface area contributed by atoms with Gasteiger partial charge in [-0.2, -0.15) is 0 Å². The number of aromatic amines is 1.